The zero-order chi connectivity index (χ0) is 13.4. The van der Waals surface area contributed by atoms with Crippen LogP contribution in [0, 0.1) is 0 Å². The van der Waals surface area contributed by atoms with Crippen molar-refractivity contribution in [2.24, 2.45) is 7.05 Å². The fourth-order valence-electron chi connectivity index (χ4n) is 2.24. The normalized spacial score (nSPS) is 12.9. The zero-order valence-corrected chi connectivity index (χ0v) is 12.2. The van der Waals surface area contributed by atoms with Crippen LogP contribution in [0.2, 0.25) is 0 Å². The lowest BCUT2D eigenvalue weighted by atomic mass is 10.0. The minimum absolute atomic E-state index is 0.406. The molecule has 18 heavy (non-hydrogen) atoms. The van der Waals surface area contributed by atoms with Gasteiger partial charge in [-0.25, -0.2) is 0 Å². The number of nitrogens with one attached hydrogen (secondary N) is 1. The number of aromatic nitrogens is 2. The second-order valence-corrected chi connectivity index (χ2v) is 4.70. The van der Waals surface area contributed by atoms with Gasteiger partial charge in [0.15, 0.2) is 0 Å². The van der Waals surface area contributed by atoms with Crippen LogP contribution in [0.3, 0.4) is 0 Å². The van der Waals surface area contributed by atoms with E-state index in [2.05, 4.69) is 30.5 Å². The van der Waals surface area contributed by atoms with E-state index in [0.29, 0.717) is 6.04 Å². The molecule has 104 valence electrons. The molecule has 4 heteroatoms. The van der Waals surface area contributed by atoms with E-state index in [4.69, 9.17) is 4.74 Å². The number of hydrogen-bond donors (Lipinski definition) is 1. The average molecular weight is 253 g/mol. The lowest BCUT2D eigenvalue weighted by Crippen LogP contribution is -2.23. The summed E-state index contributed by atoms with van der Waals surface area (Å²) >= 11 is 0. The summed E-state index contributed by atoms with van der Waals surface area (Å²) in [6, 6.07) is 0.406. The third-order valence-electron chi connectivity index (χ3n) is 3.13. The summed E-state index contributed by atoms with van der Waals surface area (Å²) in [6.07, 6.45) is 6.48. The fourth-order valence-corrected chi connectivity index (χ4v) is 2.24. The maximum atomic E-state index is 5.15. The quantitative estimate of drug-likeness (QED) is 0.687. The van der Waals surface area contributed by atoms with Crippen molar-refractivity contribution in [2.75, 3.05) is 20.3 Å². The molecule has 1 unspecified atom stereocenters. The van der Waals surface area contributed by atoms with E-state index in [-0.39, 0.29) is 0 Å². The van der Waals surface area contributed by atoms with Gasteiger partial charge < -0.3 is 10.1 Å². The minimum Gasteiger partial charge on any atom is -0.385 e. The summed E-state index contributed by atoms with van der Waals surface area (Å²) in [5, 5.41) is 8.16. The first-order chi connectivity index (χ1) is 8.72. The summed E-state index contributed by atoms with van der Waals surface area (Å²) < 4.78 is 7.07. The van der Waals surface area contributed by atoms with Crippen LogP contribution < -0.4 is 5.32 Å². The predicted octanol–water partition coefficient (Wildman–Crippen LogP) is 2.45. The van der Waals surface area contributed by atoms with Crippen molar-refractivity contribution in [2.45, 2.75) is 45.6 Å². The van der Waals surface area contributed by atoms with E-state index in [9.17, 15) is 0 Å². The van der Waals surface area contributed by atoms with Crippen molar-refractivity contribution in [3.63, 3.8) is 0 Å². The maximum Gasteiger partial charge on any atom is 0.0669 e. The average Bonchev–Trinajstić information content (AvgIpc) is 2.75. The van der Waals surface area contributed by atoms with Gasteiger partial charge in [0.2, 0.25) is 0 Å². The second kappa shape index (κ2) is 8.27. The molecular formula is C14H27N3O. The Morgan fingerprint density at radius 2 is 2.22 bits per heavy atom. The molecule has 0 aromatic carbocycles. The maximum absolute atomic E-state index is 5.15. The molecule has 0 saturated carbocycles. The largest absolute Gasteiger partial charge is 0.385 e. The molecule has 0 amide bonds. The van der Waals surface area contributed by atoms with Gasteiger partial charge in [-0.1, -0.05) is 13.8 Å². The summed E-state index contributed by atoms with van der Waals surface area (Å²) in [4.78, 5) is 0. The van der Waals surface area contributed by atoms with Gasteiger partial charge in [-0.15, -0.1) is 0 Å². The molecule has 1 rings (SSSR count). The van der Waals surface area contributed by atoms with Crippen LogP contribution in [0.15, 0.2) is 6.20 Å². The molecule has 0 aliphatic rings. The standard InChI is InChI=1S/C14H27N3O/c1-5-9-15-14(8-7-10-18-4)12-11-17(3)16-13(12)6-2/h11,14-15H,5-10H2,1-4H3. The monoisotopic (exact) mass is 253 g/mol. The van der Waals surface area contributed by atoms with Crippen molar-refractivity contribution in [3.05, 3.63) is 17.5 Å². The molecule has 1 atom stereocenters. The first-order valence-corrected chi connectivity index (χ1v) is 6.97. The summed E-state index contributed by atoms with van der Waals surface area (Å²) in [5.41, 5.74) is 2.56. The van der Waals surface area contributed by atoms with Crippen LogP contribution in [-0.2, 0) is 18.2 Å². The summed E-state index contributed by atoms with van der Waals surface area (Å²) in [7, 11) is 3.75. The van der Waals surface area contributed by atoms with E-state index in [1.807, 2.05) is 11.7 Å². The first-order valence-electron chi connectivity index (χ1n) is 6.97. The molecule has 0 saturated heterocycles. The lowest BCUT2D eigenvalue weighted by molar-refractivity contribution is 0.188. The number of hydrogen-bond acceptors (Lipinski definition) is 3. The van der Waals surface area contributed by atoms with Crippen molar-refractivity contribution in [1.82, 2.24) is 15.1 Å². The highest BCUT2D eigenvalue weighted by atomic mass is 16.5. The molecule has 0 aliphatic carbocycles. The molecule has 1 heterocycles. The molecule has 1 aromatic rings. The number of rotatable bonds is 9. The smallest absolute Gasteiger partial charge is 0.0669 e. The Labute approximate surface area is 111 Å². The second-order valence-electron chi connectivity index (χ2n) is 4.70. The van der Waals surface area contributed by atoms with Gasteiger partial charge >= 0.3 is 0 Å². The third-order valence-corrected chi connectivity index (χ3v) is 3.13. The van der Waals surface area contributed by atoms with Crippen LogP contribution in [-0.4, -0.2) is 30.0 Å². The van der Waals surface area contributed by atoms with E-state index in [0.717, 1.165) is 38.8 Å². The van der Waals surface area contributed by atoms with Gasteiger partial charge in [0.1, 0.15) is 0 Å². The number of ether oxygens (including phenoxy) is 1. The van der Waals surface area contributed by atoms with Crippen molar-refractivity contribution in [1.29, 1.82) is 0 Å². The number of aryl methyl sites for hydroxylation is 2. The fraction of sp³-hybridized carbons (Fsp3) is 0.786. The Morgan fingerprint density at radius 3 is 2.83 bits per heavy atom. The van der Waals surface area contributed by atoms with Crippen molar-refractivity contribution in [3.8, 4) is 0 Å². The Bertz CT molecular complexity index is 336. The molecule has 0 fully saturated rings. The van der Waals surface area contributed by atoms with Crippen LogP contribution in [0.25, 0.3) is 0 Å². The van der Waals surface area contributed by atoms with Gasteiger partial charge in [-0.05, 0) is 32.2 Å². The number of nitrogens with zero attached hydrogens (tertiary/aromatic N) is 2. The Morgan fingerprint density at radius 1 is 1.44 bits per heavy atom. The van der Waals surface area contributed by atoms with Gasteiger partial charge in [-0.2, -0.15) is 5.10 Å². The SMILES string of the molecule is CCCNC(CCCOC)c1cn(C)nc1CC. The highest BCUT2D eigenvalue weighted by molar-refractivity contribution is 5.21. The molecule has 1 aromatic heterocycles. The molecule has 0 spiro atoms. The molecule has 0 radical (unpaired) electrons. The third kappa shape index (κ3) is 4.42. The van der Waals surface area contributed by atoms with E-state index in [1.54, 1.807) is 7.11 Å². The highest BCUT2D eigenvalue weighted by Gasteiger charge is 2.16. The van der Waals surface area contributed by atoms with Gasteiger partial charge in [0.25, 0.3) is 0 Å². The minimum atomic E-state index is 0.406. The van der Waals surface area contributed by atoms with Crippen molar-refractivity contribution < 1.29 is 4.74 Å². The van der Waals surface area contributed by atoms with Crippen LogP contribution in [0.5, 0.6) is 0 Å². The predicted molar refractivity (Wildman–Crippen MR) is 74.7 cm³/mol. The first kappa shape index (κ1) is 15.2. The van der Waals surface area contributed by atoms with Crippen LogP contribution in [0.4, 0.5) is 0 Å². The molecule has 0 bridgehead atoms. The van der Waals surface area contributed by atoms with Gasteiger partial charge in [-0.3, -0.25) is 4.68 Å². The highest BCUT2D eigenvalue weighted by Crippen LogP contribution is 2.22. The molecule has 1 N–H and O–H groups in total. The van der Waals surface area contributed by atoms with Crippen LogP contribution >= 0.6 is 0 Å². The van der Waals surface area contributed by atoms with E-state index >= 15 is 0 Å². The summed E-state index contributed by atoms with van der Waals surface area (Å²) in [6.45, 7) is 6.24. The van der Waals surface area contributed by atoms with E-state index < -0.39 is 0 Å². The van der Waals surface area contributed by atoms with E-state index in [1.165, 1.54) is 11.3 Å². The molecular weight excluding hydrogens is 226 g/mol. The van der Waals surface area contributed by atoms with Crippen LogP contribution in [0.1, 0.15) is 50.4 Å². The van der Waals surface area contributed by atoms with Crippen molar-refractivity contribution >= 4 is 0 Å². The molecule has 0 aliphatic heterocycles. The van der Waals surface area contributed by atoms with Gasteiger partial charge in [0.05, 0.1) is 5.69 Å². The topological polar surface area (TPSA) is 39.1 Å². The summed E-state index contributed by atoms with van der Waals surface area (Å²) in [5.74, 6) is 0. The Balaban J connectivity index is 2.72. The Kier molecular flexibility index (Phi) is 6.98. The molecule has 4 nitrogen and oxygen atoms in total. The zero-order valence-electron chi connectivity index (χ0n) is 12.2. The lowest BCUT2D eigenvalue weighted by Gasteiger charge is -2.18. The number of methoxy groups -OCH3 is 1. The van der Waals surface area contributed by atoms with Gasteiger partial charge in [0, 0.05) is 38.6 Å². The Hall–Kier alpha value is -0.870.